The number of carbonyl (C=O) groups is 1. The number of carbonyl (C=O) groups excluding carboxylic acids is 1. The van der Waals surface area contributed by atoms with Gasteiger partial charge in [0.1, 0.15) is 16.5 Å². The van der Waals surface area contributed by atoms with Crippen molar-refractivity contribution in [2.45, 2.75) is 4.34 Å². The molecule has 6 heteroatoms. The lowest BCUT2D eigenvalue weighted by molar-refractivity contribution is 0.102. The highest BCUT2D eigenvalue weighted by Gasteiger charge is 2.16. The Bertz CT molecular complexity index is 816. The molecule has 0 radical (unpaired) electrons. The average Bonchev–Trinajstić information content (AvgIpc) is 2.99. The molecule has 0 fully saturated rings. The van der Waals surface area contributed by atoms with Crippen LogP contribution in [0.4, 0.5) is 9.39 Å². The van der Waals surface area contributed by atoms with E-state index in [1.807, 2.05) is 36.6 Å². The molecule has 3 rings (SSSR count). The predicted octanol–water partition coefficient (Wildman–Crippen LogP) is 4.92. The number of halogens is 1. The van der Waals surface area contributed by atoms with Gasteiger partial charge in [0.15, 0.2) is 4.34 Å². The van der Waals surface area contributed by atoms with Crippen molar-refractivity contribution in [3.8, 4) is 11.3 Å². The van der Waals surface area contributed by atoms with Gasteiger partial charge in [-0.05, 0) is 30.5 Å². The van der Waals surface area contributed by atoms with Crippen LogP contribution in [0.3, 0.4) is 0 Å². The predicted molar refractivity (Wildman–Crippen MR) is 93.7 cm³/mol. The van der Waals surface area contributed by atoms with Crippen LogP contribution >= 0.6 is 23.1 Å². The van der Waals surface area contributed by atoms with Crippen LogP contribution in [0.5, 0.6) is 0 Å². The Hall–Kier alpha value is -2.18. The fourth-order valence-electron chi connectivity index (χ4n) is 2.04. The number of thioether (sulfide) groups is 1. The highest BCUT2D eigenvalue weighted by atomic mass is 32.2. The lowest BCUT2D eigenvalue weighted by Gasteiger charge is -2.05. The molecule has 0 bridgehead atoms. The van der Waals surface area contributed by atoms with E-state index in [2.05, 4.69) is 10.3 Å². The van der Waals surface area contributed by atoms with Gasteiger partial charge in [0, 0.05) is 11.1 Å². The topological polar surface area (TPSA) is 42.0 Å². The summed E-state index contributed by atoms with van der Waals surface area (Å²) in [5.41, 5.74) is 2.10. The van der Waals surface area contributed by atoms with Crippen molar-refractivity contribution in [2.24, 2.45) is 0 Å². The number of thiazole rings is 1. The maximum absolute atomic E-state index is 13.0. The fourth-order valence-corrected chi connectivity index (χ4v) is 3.52. The highest BCUT2D eigenvalue weighted by Crippen LogP contribution is 2.36. The Kier molecular flexibility index (Phi) is 4.73. The van der Waals surface area contributed by atoms with Gasteiger partial charge in [-0.25, -0.2) is 9.37 Å². The zero-order chi connectivity index (χ0) is 16.2. The van der Waals surface area contributed by atoms with Gasteiger partial charge in [0.2, 0.25) is 0 Å². The second-order valence-corrected chi connectivity index (χ2v) is 6.74. The SMILES string of the molecule is CSc1nc(-c2ccccc2)c(NC(=O)c2ccc(F)cc2)s1. The van der Waals surface area contributed by atoms with Crippen LogP contribution in [-0.2, 0) is 0 Å². The van der Waals surface area contributed by atoms with Crippen LogP contribution < -0.4 is 5.32 Å². The summed E-state index contributed by atoms with van der Waals surface area (Å²) in [7, 11) is 0. The van der Waals surface area contributed by atoms with Crippen LogP contribution in [0.15, 0.2) is 58.9 Å². The number of hydrogen-bond donors (Lipinski definition) is 1. The molecule has 1 heterocycles. The second kappa shape index (κ2) is 6.93. The van der Waals surface area contributed by atoms with E-state index in [1.165, 1.54) is 47.4 Å². The van der Waals surface area contributed by atoms with Crippen molar-refractivity contribution in [2.75, 3.05) is 11.6 Å². The zero-order valence-electron chi connectivity index (χ0n) is 12.2. The van der Waals surface area contributed by atoms with Gasteiger partial charge >= 0.3 is 0 Å². The highest BCUT2D eigenvalue weighted by molar-refractivity contribution is 8.00. The van der Waals surface area contributed by atoms with Crippen molar-refractivity contribution in [1.82, 2.24) is 4.98 Å². The number of nitrogens with one attached hydrogen (secondary N) is 1. The standard InChI is InChI=1S/C17H13FN2OS2/c1-22-17-19-14(11-5-3-2-4-6-11)16(23-17)20-15(21)12-7-9-13(18)10-8-12/h2-10H,1H3,(H,20,21). The van der Waals surface area contributed by atoms with Crippen LogP contribution in [0, 0.1) is 5.82 Å². The van der Waals surface area contributed by atoms with Crippen molar-refractivity contribution in [3.63, 3.8) is 0 Å². The molecule has 0 aliphatic rings. The maximum Gasteiger partial charge on any atom is 0.256 e. The van der Waals surface area contributed by atoms with Gasteiger partial charge in [-0.2, -0.15) is 0 Å². The zero-order valence-corrected chi connectivity index (χ0v) is 13.9. The van der Waals surface area contributed by atoms with E-state index in [4.69, 9.17) is 0 Å². The van der Waals surface area contributed by atoms with Gasteiger partial charge in [-0.3, -0.25) is 4.79 Å². The minimum Gasteiger partial charge on any atom is -0.312 e. The first-order chi connectivity index (χ1) is 11.2. The summed E-state index contributed by atoms with van der Waals surface area (Å²) in [6.45, 7) is 0. The summed E-state index contributed by atoms with van der Waals surface area (Å²) in [6, 6.07) is 15.2. The summed E-state index contributed by atoms with van der Waals surface area (Å²) in [6.07, 6.45) is 1.94. The molecule has 0 spiro atoms. The third-order valence-electron chi connectivity index (χ3n) is 3.16. The lowest BCUT2D eigenvalue weighted by atomic mass is 10.1. The van der Waals surface area contributed by atoms with E-state index in [9.17, 15) is 9.18 Å². The summed E-state index contributed by atoms with van der Waals surface area (Å²) in [5.74, 6) is -0.646. The Morgan fingerprint density at radius 1 is 1.13 bits per heavy atom. The van der Waals surface area contributed by atoms with Gasteiger partial charge < -0.3 is 5.32 Å². The molecule has 3 nitrogen and oxygen atoms in total. The van der Waals surface area contributed by atoms with Gasteiger partial charge in [0.25, 0.3) is 5.91 Å². The third kappa shape index (κ3) is 3.60. The molecule has 23 heavy (non-hydrogen) atoms. The Balaban J connectivity index is 1.92. The Labute approximate surface area is 141 Å². The first-order valence-corrected chi connectivity index (χ1v) is 8.88. The number of hydrogen-bond acceptors (Lipinski definition) is 4. The van der Waals surface area contributed by atoms with E-state index in [0.717, 1.165) is 15.6 Å². The summed E-state index contributed by atoms with van der Waals surface area (Å²) >= 11 is 2.96. The monoisotopic (exact) mass is 344 g/mol. The molecule has 1 N–H and O–H groups in total. The number of rotatable bonds is 4. The average molecular weight is 344 g/mol. The minimum absolute atomic E-state index is 0.279. The Morgan fingerprint density at radius 2 is 1.83 bits per heavy atom. The van der Waals surface area contributed by atoms with Gasteiger partial charge in [0.05, 0.1) is 0 Å². The number of anilines is 1. The minimum atomic E-state index is -0.367. The molecular formula is C17H13FN2OS2. The van der Waals surface area contributed by atoms with Gasteiger partial charge in [-0.1, -0.05) is 53.4 Å². The largest absolute Gasteiger partial charge is 0.312 e. The fraction of sp³-hybridized carbons (Fsp3) is 0.0588. The molecule has 2 aromatic carbocycles. The van der Waals surface area contributed by atoms with E-state index < -0.39 is 0 Å². The molecular weight excluding hydrogens is 331 g/mol. The third-order valence-corrected chi connectivity index (χ3v) is 5.12. The summed E-state index contributed by atoms with van der Waals surface area (Å²) < 4.78 is 13.8. The van der Waals surface area contributed by atoms with Crippen LogP contribution in [0.2, 0.25) is 0 Å². The van der Waals surface area contributed by atoms with E-state index in [0.29, 0.717) is 10.6 Å². The number of nitrogens with zero attached hydrogens (tertiary/aromatic N) is 1. The lowest BCUT2D eigenvalue weighted by Crippen LogP contribution is -2.11. The first-order valence-electron chi connectivity index (χ1n) is 6.84. The van der Waals surface area contributed by atoms with E-state index in [-0.39, 0.29) is 11.7 Å². The molecule has 0 unspecified atom stereocenters. The number of amides is 1. The molecule has 1 aromatic heterocycles. The van der Waals surface area contributed by atoms with Crippen molar-refractivity contribution >= 4 is 34.0 Å². The quantitative estimate of drug-likeness (QED) is 0.683. The van der Waals surface area contributed by atoms with Crippen LogP contribution in [-0.4, -0.2) is 17.1 Å². The van der Waals surface area contributed by atoms with Crippen LogP contribution in [0.1, 0.15) is 10.4 Å². The molecule has 116 valence electrons. The van der Waals surface area contributed by atoms with Crippen molar-refractivity contribution in [1.29, 1.82) is 0 Å². The summed E-state index contributed by atoms with van der Waals surface area (Å²) in [5, 5.41) is 3.57. The summed E-state index contributed by atoms with van der Waals surface area (Å²) in [4.78, 5) is 16.9. The van der Waals surface area contributed by atoms with Crippen LogP contribution in [0.25, 0.3) is 11.3 Å². The maximum atomic E-state index is 13.0. The van der Waals surface area contributed by atoms with Crippen molar-refractivity contribution in [3.05, 3.63) is 66.0 Å². The number of aromatic nitrogens is 1. The molecule has 1 amide bonds. The first kappa shape index (κ1) is 15.7. The molecule has 0 aliphatic heterocycles. The molecule has 0 aliphatic carbocycles. The molecule has 0 atom stereocenters. The van der Waals surface area contributed by atoms with E-state index in [1.54, 1.807) is 0 Å². The normalized spacial score (nSPS) is 10.5. The van der Waals surface area contributed by atoms with E-state index >= 15 is 0 Å². The molecule has 3 aromatic rings. The Morgan fingerprint density at radius 3 is 2.48 bits per heavy atom. The molecule has 0 saturated heterocycles. The molecule has 0 saturated carbocycles. The number of benzene rings is 2. The second-order valence-electron chi connectivity index (χ2n) is 4.69. The smallest absolute Gasteiger partial charge is 0.256 e. The van der Waals surface area contributed by atoms with Crippen molar-refractivity contribution < 1.29 is 9.18 Å². The van der Waals surface area contributed by atoms with Gasteiger partial charge in [-0.15, -0.1) is 0 Å².